The van der Waals surface area contributed by atoms with E-state index in [1.807, 2.05) is 18.9 Å². The standard InChI is InChI=1S/C19H25N5O/c1-14-20-21-18-12-23(10-11-24(14)18)13-19(25)22(2)17-9-5-7-15-6-3-4-8-16(15)17/h3-4,6,8,17H,5,7,9-13H2,1-2H3. The predicted octanol–water partition coefficient (Wildman–Crippen LogP) is 1.94. The zero-order valence-electron chi connectivity index (χ0n) is 15.0. The first-order valence-corrected chi connectivity index (χ1v) is 9.08. The van der Waals surface area contributed by atoms with Gasteiger partial charge in [-0.15, -0.1) is 10.2 Å². The van der Waals surface area contributed by atoms with E-state index in [4.69, 9.17) is 0 Å². The van der Waals surface area contributed by atoms with Gasteiger partial charge in [-0.3, -0.25) is 9.69 Å². The topological polar surface area (TPSA) is 54.3 Å². The van der Waals surface area contributed by atoms with E-state index in [9.17, 15) is 4.79 Å². The normalized spacial score (nSPS) is 20.0. The third-order valence-corrected chi connectivity index (χ3v) is 5.57. The highest BCUT2D eigenvalue weighted by Gasteiger charge is 2.28. The van der Waals surface area contributed by atoms with Crippen molar-refractivity contribution in [3.05, 3.63) is 47.0 Å². The highest BCUT2D eigenvalue weighted by molar-refractivity contribution is 5.78. The smallest absolute Gasteiger partial charge is 0.237 e. The molecule has 0 bridgehead atoms. The van der Waals surface area contributed by atoms with Crippen LogP contribution < -0.4 is 0 Å². The minimum absolute atomic E-state index is 0.186. The number of amides is 1. The third kappa shape index (κ3) is 3.06. The molecule has 1 amide bonds. The molecule has 2 aromatic rings. The molecule has 2 aliphatic rings. The molecule has 1 atom stereocenters. The molecule has 4 rings (SSSR count). The molecular weight excluding hydrogens is 314 g/mol. The van der Waals surface area contributed by atoms with Crippen molar-refractivity contribution in [1.82, 2.24) is 24.6 Å². The summed E-state index contributed by atoms with van der Waals surface area (Å²) in [5, 5.41) is 8.36. The number of aromatic nitrogens is 3. The van der Waals surface area contributed by atoms with Crippen LogP contribution in [-0.2, 0) is 24.3 Å². The Balaban J connectivity index is 1.44. The zero-order valence-corrected chi connectivity index (χ0v) is 15.0. The van der Waals surface area contributed by atoms with E-state index in [0.717, 1.165) is 44.0 Å². The molecule has 0 saturated heterocycles. The van der Waals surface area contributed by atoms with Gasteiger partial charge in [0.05, 0.1) is 19.1 Å². The van der Waals surface area contributed by atoms with Crippen LogP contribution in [0.15, 0.2) is 24.3 Å². The summed E-state index contributed by atoms with van der Waals surface area (Å²) in [7, 11) is 1.95. The van der Waals surface area contributed by atoms with Crippen LogP contribution in [0.5, 0.6) is 0 Å². The van der Waals surface area contributed by atoms with Crippen LogP contribution in [0.4, 0.5) is 0 Å². The van der Waals surface area contributed by atoms with Gasteiger partial charge in [-0.25, -0.2) is 0 Å². The summed E-state index contributed by atoms with van der Waals surface area (Å²) in [5.41, 5.74) is 2.71. The fraction of sp³-hybridized carbons (Fsp3) is 0.526. The van der Waals surface area contributed by atoms with Gasteiger partial charge in [-0.05, 0) is 37.3 Å². The van der Waals surface area contributed by atoms with Crippen molar-refractivity contribution >= 4 is 5.91 Å². The van der Waals surface area contributed by atoms with E-state index in [1.54, 1.807) is 0 Å². The van der Waals surface area contributed by atoms with Crippen LogP contribution >= 0.6 is 0 Å². The predicted molar refractivity (Wildman–Crippen MR) is 94.9 cm³/mol. The third-order valence-electron chi connectivity index (χ3n) is 5.57. The van der Waals surface area contributed by atoms with Gasteiger partial charge >= 0.3 is 0 Å². The Bertz CT molecular complexity index is 784. The van der Waals surface area contributed by atoms with Crippen molar-refractivity contribution in [2.75, 3.05) is 20.1 Å². The number of hydrogen-bond acceptors (Lipinski definition) is 4. The summed E-state index contributed by atoms with van der Waals surface area (Å²) in [6, 6.07) is 8.74. The molecule has 0 radical (unpaired) electrons. The Morgan fingerprint density at radius 1 is 1.28 bits per heavy atom. The van der Waals surface area contributed by atoms with Crippen molar-refractivity contribution in [1.29, 1.82) is 0 Å². The summed E-state index contributed by atoms with van der Waals surface area (Å²) >= 11 is 0. The number of rotatable bonds is 3. The maximum Gasteiger partial charge on any atom is 0.237 e. The monoisotopic (exact) mass is 339 g/mol. The van der Waals surface area contributed by atoms with Crippen LogP contribution in [0.25, 0.3) is 0 Å². The molecule has 6 heteroatoms. The number of aryl methyl sites for hydroxylation is 2. The summed E-state index contributed by atoms with van der Waals surface area (Å²) in [6.07, 6.45) is 3.31. The Labute approximate surface area is 148 Å². The van der Waals surface area contributed by atoms with Gasteiger partial charge in [0.2, 0.25) is 5.91 Å². The highest BCUT2D eigenvalue weighted by atomic mass is 16.2. The van der Waals surface area contributed by atoms with E-state index >= 15 is 0 Å². The quantitative estimate of drug-likeness (QED) is 0.857. The number of carbonyl (C=O) groups excluding carboxylic acids is 1. The minimum Gasteiger partial charge on any atom is -0.338 e. The van der Waals surface area contributed by atoms with Crippen molar-refractivity contribution in [3.63, 3.8) is 0 Å². The molecule has 0 saturated carbocycles. The van der Waals surface area contributed by atoms with Crippen molar-refractivity contribution in [3.8, 4) is 0 Å². The van der Waals surface area contributed by atoms with Crippen molar-refractivity contribution < 1.29 is 4.79 Å². The van der Waals surface area contributed by atoms with Crippen LogP contribution in [0.1, 0.15) is 41.7 Å². The first-order valence-electron chi connectivity index (χ1n) is 9.08. The van der Waals surface area contributed by atoms with Gasteiger partial charge < -0.3 is 9.47 Å². The van der Waals surface area contributed by atoms with Crippen LogP contribution in [0, 0.1) is 6.92 Å². The molecule has 25 heavy (non-hydrogen) atoms. The van der Waals surface area contributed by atoms with Gasteiger partial charge in [-0.2, -0.15) is 0 Å². The van der Waals surface area contributed by atoms with Gasteiger partial charge in [0, 0.05) is 20.1 Å². The summed E-state index contributed by atoms with van der Waals surface area (Å²) in [6.45, 7) is 4.85. The average Bonchev–Trinajstić information content (AvgIpc) is 3.01. The molecule has 6 nitrogen and oxygen atoms in total. The number of nitrogens with zero attached hydrogens (tertiary/aromatic N) is 5. The number of hydrogen-bond donors (Lipinski definition) is 0. The highest BCUT2D eigenvalue weighted by Crippen LogP contribution is 2.33. The Morgan fingerprint density at radius 2 is 2.12 bits per heavy atom. The zero-order chi connectivity index (χ0) is 17.4. The molecule has 132 valence electrons. The molecule has 1 aromatic carbocycles. The summed E-state index contributed by atoms with van der Waals surface area (Å²) < 4.78 is 2.14. The maximum atomic E-state index is 12.9. The SMILES string of the molecule is Cc1nnc2n1CCN(CC(=O)N(C)C1CCCc3ccccc31)C2. The van der Waals surface area contributed by atoms with Crippen molar-refractivity contribution in [2.45, 2.75) is 45.3 Å². The molecule has 0 fully saturated rings. The largest absolute Gasteiger partial charge is 0.338 e. The molecule has 1 aromatic heterocycles. The molecule has 1 aliphatic carbocycles. The van der Waals surface area contributed by atoms with Gasteiger partial charge in [0.15, 0.2) is 0 Å². The fourth-order valence-electron chi connectivity index (χ4n) is 4.10. The second-order valence-corrected chi connectivity index (χ2v) is 7.14. The number of likely N-dealkylation sites (N-methyl/N-ethyl adjacent to an activating group) is 1. The molecular formula is C19H25N5O. The van der Waals surface area contributed by atoms with Crippen LogP contribution in [0.3, 0.4) is 0 Å². The van der Waals surface area contributed by atoms with E-state index in [0.29, 0.717) is 13.1 Å². The Hall–Kier alpha value is -2.21. The number of carbonyl (C=O) groups is 1. The van der Waals surface area contributed by atoms with Crippen LogP contribution in [-0.4, -0.2) is 50.6 Å². The lowest BCUT2D eigenvalue weighted by Crippen LogP contribution is -2.43. The van der Waals surface area contributed by atoms with Gasteiger partial charge in [0.25, 0.3) is 0 Å². The molecule has 1 aliphatic heterocycles. The van der Waals surface area contributed by atoms with Gasteiger partial charge in [-0.1, -0.05) is 24.3 Å². The molecule has 0 spiro atoms. The second kappa shape index (κ2) is 6.59. The maximum absolute atomic E-state index is 12.9. The number of benzene rings is 1. The van der Waals surface area contributed by atoms with E-state index in [2.05, 4.69) is 43.9 Å². The minimum atomic E-state index is 0.186. The first kappa shape index (κ1) is 16.3. The lowest BCUT2D eigenvalue weighted by Gasteiger charge is -2.35. The fourth-order valence-corrected chi connectivity index (χ4v) is 4.10. The van der Waals surface area contributed by atoms with Crippen LogP contribution in [0.2, 0.25) is 0 Å². The molecule has 2 heterocycles. The molecule has 0 N–H and O–H groups in total. The molecule has 1 unspecified atom stereocenters. The van der Waals surface area contributed by atoms with E-state index in [1.165, 1.54) is 11.1 Å². The van der Waals surface area contributed by atoms with E-state index in [-0.39, 0.29) is 11.9 Å². The second-order valence-electron chi connectivity index (χ2n) is 7.14. The lowest BCUT2D eigenvalue weighted by molar-refractivity contribution is -0.134. The number of fused-ring (bicyclic) bond motifs is 2. The Kier molecular flexibility index (Phi) is 4.29. The van der Waals surface area contributed by atoms with Gasteiger partial charge in [0.1, 0.15) is 11.6 Å². The average molecular weight is 339 g/mol. The summed E-state index contributed by atoms with van der Waals surface area (Å²) in [5.74, 6) is 2.10. The van der Waals surface area contributed by atoms with Crippen molar-refractivity contribution in [2.24, 2.45) is 0 Å². The summed E-state index contributed by atoms with van der Waals surface area (Å²) in [4.78, 5) is 17.0. The first-order chi connectivity index (χ1) is 12.1. The lowest BCUT2D eigenvalue weighted by atomic mass is 9.87. The Morgan fingerprint density at radius 3 is 3.00 bits per heavy atom. The van der Waals surface area contributed by atoms with E-state index < -0.39 is 0 Å².